The van der Waals surface area contributed by atoms with Crippen LogP contribution >= 0.6 is 11.3 Å². The molecule has 3 aromatic carbocycles. The van der Waals surface area contributed by atoms with Crippen molar-refractivity contribution in [1.82, 2.24) is 0 Å². The van der Waals surface area contributed by atoms with Crippen molar-refractivity contribution >= 4 is 22.5 Å². The van der Waals surface area contributed by atoms with Crippen LogP contribution in [0.15, 0.2) is 59.7 Å². The molecule has 1 aromatic heterocycles. The predicted octanol–water partition coefficient (Wildman–Crippen LogP) is 16.6. The Morgan fingerprint density at radius 3 is 1.26 bits per heavy atom. The summed E-state index contributed by atoms with van der Waals surface area (Å²) < 4.78 is 0. The Morgan fingerprint density at radius 1 is 0.443 bits per heavy atom. The summed E-state index contributed by atoms with van der Waals surface area (Å²) in [6.45, 7) is 8.72. The molecule has 1 heterocycles. The van der Waals surface area contributed by atoms with Gasteiger partial charge in [-0.1, -0.05) is 165 Å². The minimum Gasteiger partial charge on any atom is -0.192 e. The first kappa shape index (κ1) is 45.3. The zero-order valence-corrected chi connectivity index (χ0v) is 38.2. The highest BCUT2D eigenvalue weighted by Crippen LogP contribution is 2.59. The lowest BCUT2D eigenvalue weighted by Crippen LogP contribution is -2.06. The molecule has 6 rings (SSSR count). The van der Waals surface area contributed by atoms with Crippen LogP contribution in [0.5, 0.6) is 0 Å². The van der Waals surface area contributed by atoms with Crippen molar-refractivity contribution in [2.45, 2.75) is 169 Å². The lowest BCUT2D eigenvalue weighted by molar-refractivity contribution is 0.556. The molecule has 314 valence electrons. The first-order valence-corrected chi connectivity index (χ1v) is 24.4. The highest BCUT2D eigenvalue weighted by Gasteiger charge is 2.40. The molecule has 2 aliphatic rings. The van der Waals surface area contributed by atoms with Gasteiger partial charge in [0.2, 0.25) is 0 Å². The van der Waals surface area contributed by atoms with Crippen LogP contribution in [0.2, 0.25) is 0 Å². The molecule has 4 aromatic rings. The van der Waals surface area contributed by atoms with E-state index in [0.717, 1.165) is 121 Å². The molecule has 5 heteroatoms. The lowest BCUT2D eigenvalue weighted by Gasteiger charge is -2.22. The van der Waals surface area contributed by atoms with Crippen LogP contribution in [0, 0.1) is 59.2 Å². The van der Waals surface area contributed by atoms with Crippen LogP contribution in [0.3, 0.4) is 0 Å². The molecule has 0 spiro atoms. The smallest absolute Gasteiger partial charge is 0.138 e. The predicted molar refractivity (Wildman–Crippen MR) is 256 cm³/mol. The van der Waals surface area contributed by atoms with Crippen LogP contribution in [-0.4, -0.2) is 0 Å². The third kappa shape index (κ3) is 10.3. The molecule has 0 atom stereocenters. The Hall–Kier alpha value is -5.20. The van der Waals surface area contributed by atoms with Gasteiger partial charge in [0, 0.05) is 20.9 Å². The molecule has 0 bridgehead atoms. The van der Waals surface area contributed by atoms with Crippen LogP contribution in [0.4, 0.5) is 0 Å². The third-order valence-corrected chi connectivity index (χ3v) is 14.1. The molecule has 0 N–H and O–H groups in total. The lowest BCUT2D eigenvalue weighted by atomic mass is 9.80. The van der Waals surface area contributed by atoms with Gasteiger partial charge in [-0.2, -0.15) is 21.0 Å². The van der Waals surface area contributed by atoms with E-state index in [1.165, 1.54) is 108 Å². The Morgan fingerprint density at radius 2 is 0.852 bits per heavy atom. The molecule has 0 fully saturated rings. The van der Waals surface area contributed by atoms with Gasteiger partial charge in [-0.25, -0.2) is 0 Å². The number of allylic oxidation sites excluding steroid dienone is 2. The molecule has 4 nitrogen and oxygen atoms in total. The summed E-state index contributed by atoms with van der Waals surface area (Å²) in [5.41, 5.74) is 14.4. The number of thiophene rings is 1. The largest absolute Gasteiger partial charge is 0.192 e. The fourth-order valence-electron chi connectivity index (χ4n) is 9.94. The van der Waals surface area contributed by atoms with Gasteiger partial charge in [-0.3, -0.25) is 0 Å². The van der Waals surface area contributed by atoms with Gasteiger partial charge in [-0.05, 0) is 119 Å². The summed E-state index contributed by atoms with van der Waals surface area (Å²) in [5.74, 6) is 0. The average Bonchev–Trinajstić information content (AvgIpc) is 3.95. The third-order valence-electron chi connectivity index (χ3n) is 13.0. The second kappa shape index (κ2) is 22.6. The van der Waals surface area contributed by atoms with Crippen molar-refractivity contribution in [2.24, 2.45) is 0 Å². The number of fused-ring (bicyclic) bond motifs is 6. The van der Waals surface area contributed by atoms with Crippen LogP contribution in [-0.2, 0) is 12.8 Å². The number of aryl methyl sites for hydroxylation is 2. The van der Waals surface area contributed by atoms with Gasteiger partial charge < -0.3 is 0 Å². The molecule has 0 saturated carbocycles. The molecule has 61 heavy (non-hydrogen) atoms. The van der Waals surface area contributed by atoms with Crippen molar-refractivity contribution in [3.63, 3.8) is 0 Å². The van der Waals surface area contributed by atoms with E-state index in [1.807, 2.05) is 0 Å². The summed E-state index contributed by atoms with van der Waals surface area (Å²) in [4.78, 5) is 2.39. The Kier molecular flexibility index (Phi) is 16.8. The quantitative estimate of drug-likeness (QED) is 0.0475. The Labute approximate surface area is 371 Å². The average molecular weight is 825 g/mol. The van der Waals surface area contributed by atoms with Crippen LogP contribution in [0.25, 0.3) is 43.8 Å². The first-order valence-electron chi connectivity index (χ1n) is 23.6. The van der Waals surface area contributed by atoms with Gasteiger partial charge in [0.25, 0.3) is 0 Å². The second-order valence-electron chi connectivity index (χ2n) is 17.5. The number of unbranched alkanes of at least 4 members (excludes halogenated alkanes) is 18. The normalized spacial score (nSPS) is 11.9. The fourth-order valence-corrected chi connectivity index (χ4v) is 10.8. The number of rotatable bonds is 23. The monoisotopic (exact) mass is 824 g/mol. The number of benzene rings is 3. The topological polar surface area (TPSA) is 95.2 Å². The SMILES string of the molecule is CCCCCCCCCCCCc1c2c(c(CCCCCCCCCCCC)c3c1-c1ccc(C)cc1C3=C(C#N)C#N)-c1ccc(-c3ccc(C)s3)cc1C2=C(C#N)C#N. The van der Waals surface area contributed by atoms with E-state index in [-0.39, 0.29) is 11.1 Å². The summed E-state index contributed by atoms with van der Waals surface area (Å²) in [6, 6.07) is 26.7. The highest BCUT2D eigenvalue weighted by atomic mass is 32.1. The standard InChI is InChI=1S/C56H64N4S/c1-5-7-9-11-13-15-17-19-21-23-25-46-53-44-30-27-39(3)33-48(44)51(42(35-57)36-58)55(53)47(26-24-22-20-18-16-14-12-10-8-6-2)54-45-31-29-41(50-32-28-40(4)61-50)34-49(45)52(56(46)54)43(37-59)38-60/h27-34H,5-26H2,1-4H3. The maximum Gasteiger partial charge on any atom is 0.138 e. The van der Waals surface area contributed by atoms with E-state index in [2.05, 4.69) is 101 Å². The Balaban J connectivity index is 1.50. The number of hydrogen-bond acceptors (Lipinski definition) is 5. The fraction of sp³-hybridized carbons (Fsp3) is 0.464. The van der Waals surface area contributed by atoms with E-state index in [9.17, 15) is 21.0 Å². The molecular formula is C56H64N4S. The molecule has 0 amide bonds. The van der Waals surface area contributed by atoms with Crippen molar-refractivity contribution in [2.75, 3.05) is 0 Å². The summed E-state index contributed by atoms with van der Waals surface area (Å²) >= 11 is 1.75. The number of hydrogen-bond donors (Lipinski definition) is 0. The zero-order valence-electron chi connectivity index (χ0n) is 37.4. The molecule has 0 aliphatic heterocycles. The van der Waals surface area contributed by atoms with Crippen LogP contribution in [0.1, 0.15) is 186 Å². The van der Waals surface area contributed by atoms with E-state index >= 15 is 0 Å². The zero-order chi connectivity index (χ0) is 43.1. The highest BCUT2D eigenvalue weighted by molar-refractivity contribution is 7.15. The Bertz CT molecular complexity index is 2400. The summed E-state index contributed by atoms with van der Waals surface area (Å²) in [6.07, 6.45) is 26.2. The van der Waals surface area contributed by atoms with Gasteiger partial charge >= 0.3 is 0 Å². The molecule has 2 aliphatic carbocycles. The molecular weight excluding hydrogens is 761 g/mol. The van der Waals surface area contributed by atoms with Crippen molar-refractivity contribution in [3.05, 3.63) is 103 Å². The maximum atomic E-state index is 10.7. The number of nitriles is 4. The molecule has 0 radical (unpaired) electrons. The van der Waals surface area contributed by atoms with Gasteiger partial charge in [0.1, 0.15) is 35.4 Å². The molecule has 0 unspecified atom stereocenters. The van der Waals surface area contributed by atoms with E-state index in [0.29, 0.717) is 0 Å². The van der Waals surface area contributed by atoms with E-state index in [4.69, 9.17) is 0 Å². The minimum absolute atomic E-state index is 0.140. The van der Waals surface area contributed by atoms with Gasteiger partial charge in [0.05, 0.1) is 0 Å². The van der Waals surface area contributed by atoms with Crippen molar-refractivity contribution in [3.8, 4) is 57.0 Å². The minimum atomic E-state index is 0.140. The number of nitrogens with zero attached hydrogens (tertiary/aromatic N) is 4. The molecule has 0 saturated heterocycles. The van der Waals surface area contributed by atoms with Crippen molar-refractivity contribution in [1.29, 1.82) is 21.0 Å². The van der Waals surface area contributed by atoms with Crippen molar-refractivity contribution < 1.29 is 0 Å². The second-order valence-corrected chi connectivity index (χ2v) is 18.8. The first-order chi connectivity index (χ1) is 29.9. The van der Waals surface area contributed by atoms with E-state index < -0.39 is 0 Å². The summed E-state index contributed by atoms with van der Waals surface area (Å²) in [7, 11) is 0. The van der Waals surface area contributed by atoms with E-state index in [1.54, 1.807) is 11.3 Å². The van der Waals surface area contributed by atoms with Crippen LogP contribution < -0.4 is 0 Å². The maximum absolute atomic E-state index is 10.7. The van der Waals surface area contributed by atoms with Gasteiger partial charge in [0.15, 0.2) is 0 Å². The summed E-state index contributed by atoms with van der Waals surface area (Å²) in [5, 5.41) is 42.6. The van der Waals surface area contributed by atoms with Gasteiger partial charge in [-0.15, -0.1) is 11.3 Å².